The van der Waals surface area contributed by atoms with Crippen LogP contribution in [0.15, 0.2) is 83.8 Å². The van der Waals surface area contributed by atoms with Crippen LogP contribution < -0.4 is 14.4 Å². The van der Waals surface area contributed by atoms with Gasteiger partial charge in [0.25, 0.3) is 10.0 Å². The quantitative estimate of drug-likeness (QED) is 0.484. The van der Waals surface area contributed by atoms with Crippen LogP contribution in [0.5, 0.6) is 5.75 Å². The van der Waals surface area contributed by atoms with Gasteiger partial charge in [0, 0.05) is 0 Å². The number of sulfonamides is 1. The van der Waals surface area contributed by atoms with Crippen molar-refractivity contribution < 1.29 is 17.9 Å². The molecule has 0 aromatic heterocycles. The van der Waals surface area contributed by atoms with E-state index >= 15 is 0 Å². The molecule has 8 heteroatoms. The van der Waals surface area contributed by atoms with E-state index in [0.29, 0.717) is 6.61 Å². The maximum absolute atomic E-state index is 13.3. The number of nitrogens with one attached hydrogen (secondary N) is 1. The summed E-state index contributed by atoms with van der Waals surface area (Å²) in [7, 11) is -4.01. The SMILES string of the molecule is CCOc1ccc([C@H](C)NC(=O)CN(c2ccccc2Cl)S(=O)(=O)c2ccccc2)cc1. The normalized spacial score (nSPS) is 12.1. The Morgan fingerprint density at radius 2 is 1.62 bits per heavy atom. The van der Waals surface area contributed by atoms with Gasteiger partial charge in [0.05, 0.1) is 28.3 Å². The van der Waals surface area contributed by atoms with Crippen LogP contribution in [0, 0.1) is 0 Å². The minimum atomic E-state index is -4.01. The third-order valence-corrected chi connectivity index (χ3v) is 6.90. The highest BCUT2D eigenvalue weighted by molar-refractivity contribution is 7.92. The standard InChI is InChI=1S/C24H25ClN2O4S/c1-3-31-20-15-13-19(14-16-20)18(2)26-24(28)17-27(23-12-8-7-11-22(23)25)32(29,30)21-9-5-4-6-10-21/h4-16,18H,3,17H2,1-2H3,(H,26,28)/t18-/m0/s1. The van der Waals surface area contributed by atoms with Crippen LogP contribution in [0.2, 0.25) is 5.02 Å². The van der Waals surface area contributed by atoms with E-state index in [4.69, 9.17) is 16.3 Å². The molecule has 0 saturated carbocycles. The predicted molar refractivity (Wildman–Crippen MR) is 127 cm³/mol. The zero-order valence-electron chi connectivity index (χ0n) is 17.9. The molecule has 0 aliphatic heterocycles. The fraction of sp³-hybridized carbons (Fsp3) is 0.208. The van der Waals surface area contributed by atoms with Crippen LogP contribution in [0.1, 0.15) is 25.5 Å². The van der Waals surface area contributed by atoms with Gasteiger partial charge in [0.1, 0.15) is 12.3 Å². The second-order valence-electron chi connectivity index (χ2n) is 7.07. The van der Waals surface area contributed by atoms with E-state index in [1.165, 1.54) is 12.1 Å². The molecule has 0 radical (unpaired) electrons. The largest absolute Gasteiger partial charge is 0.494 e. The highest BCUT2D eigenvalue weighted by atomic mass is 35.5. The molecule has 1 atom stereocenters. The van der Waals surface area contributed by atoms with E-state index < -0.39 is 22.5 Å². The lowest BCUT2D eigenvalue weighted by Gasteiger charge is -2.26. The number of hydrogen-bond acceptors (Lipinski definition) is 4. The first-order valence-electron chi connectivity index (χ1n) is 10.2. The Bertz CT molecular complexity index is 1150. The van der Waals surface area contributed by atoms with Crippen molar-refractivity contribution in [2.45, 2.75) is 24.8 Å². The molecule has 0 spiro atoms. The Kier molecular flexibility index (Phi) is 7.77. The molecule has 0 bridgehead atoms. The van der Waals surface area contributed by atoms with Gasteiger partial charge in [0.15, 0.2) is 0 Å². The van der Waals surface area contributed by atoms with Crippen molar-refractivity contribution in [3.8, 4) is 5.75 Å². The maximum atomic E-state index is 13.3. The molecule has 3 aromatic rings. The van der Waals surface area contributed by atoms with Crippen molar-refractivity contribution >= 4 is 33.2 Å². The average molecular weight is 473 g/mol. The van der Waals surface area contributed by atoms with E-state index in [-0.39, 0.29) is 21.6 Å². The first-order valence-corrected chi connectivity index (χ1v) is 12.0. The highest BCUT2D eigenvalue weighted by Gasteiger charge is 2.29. The zero-order chi connectivity index (χ0) is 23.1. The molecule has 0 saturated heterocycles. The molecule has 0 aliphatic carbocycles. The summed E-state index contributed by atoms with van der Waals surface area (Å²) in [6, 6.07) is 21.6. The molecule has 0 unspecified atom stereocenters. The fourth-order valence-corrected chi connectivity index (χ4v) is 4.94. The molecule has 1 N–H and O–H groups in total. The summed E-state index contributed by atoms with van der Waals surface area (Å²) >= 11 is 6.29. The van der Waals surface area contributed by atoms with Crippen molar-refractivity contribution in [1.29, 1.82) is 0 Å². The smallest absolute Gasteiger partial charge is 0.264 e. The fourth-order valence-electron chi connectivity index (χ4n) is 3.19. The second-order valence-corrected chi connectivity index (χ2v) is 9.34. The van der Waals surface area contributed by atoms with E-state index in [1.54, 1.807) is 42.5 Å². The first kappa shape index (κ1) is 23.6. The lowest BCUT2D eigenvalue weighted by atomic mass is 10.1. The van der Waals surface area contributed by atoms with E-state index in [9.17, 15) is 13.2 Å². The Morgan fingerprint density at radius 1 is 1.00 bits per heavy atom. The van der Waals surface area contributed by atoms with Gasteiger partial charge in [-0.15, -0.1) is 0 Å². The van der Waals surface area contributed by atoms with Crippen molar-refractivity contribution in [3.63, 3.8) is 0 Å². The number of para-hydroxylation sites is 1. The Morgan fingerprint density at radius 3 is 2.25 bits per heavy atom. The van der Waals surface area contributed by atoms with Crippen molar-refractivity contribution in [1.82, 2.24) is 5.32 Å². The minimum absolute atomic E-state index is 0.0762. The number of halogens is 1. The molecular formula is C24H25ClN2O4S. The van der Waals surface area contributed by atoms with Gasteiger partial charge >= 0.3 is 0 Å². The molecule has 6 nitrogen and oxygen atoms in total. The number of carbonyl (C=O) groups excluding carboxylic acids is 1. The van der Waals surface area contributed by atoms with Crippen LogP contribution in [-0.2, 0) is 14.8 Å². The third-order valence-electron chi connectivity index (χ3n) is 4.81. The topological polar surface area (TPSA) is 75.7 Å². The maximum Gasteiger partial charge on any atom is 0.264 e. The van der Waals surface area contributed by atoms with Crippen LogP contribution in [0.25, 0.3) is 0 Å². The number of ether oxygens (including phenoxy) is 1. The van der Waals surface area contributed by atoms with Gasteiger partial charge in [0.2, 0.25) is 5.91 Å². The number of benzene rings is 3. The van der Waals surface area contributed by atoms with Gasteiger partial charge in [-0.1, -0.05) is 54.1 Å². The minimum Gasteiger partial charge on any atom is -0.494 e. The second kappa shape index (κ2) is 10.5. The van der Waals surface area contributed by atoms with Gasteiger partial charge in [-0.2, -0.15) is 0 Å². The monoisotopic (exact) mass is 472 g/mol. The van der Waals surface area contributed by atoms with Gasteiger partial charge < -0.3 is 10.1 Å². The van der Waals surface area contributed by atoms with Crippen molar-refractivity contribution in [3.05, 3.63) is 89.4 Å². The summed E-state index contributed by atoms with van der Waals surface area (Å²) in [6.45, 7) is 3.89. The number of carbonyl (C=O) groups is 1. The number of anilines is 1. The number of hydrogen-bond donors (Lipinski definition) is 1. The van der Waals surface area contributed by atoms with Crippen molar-refractivity contribution in [2.24, 2.45) is 0 Å². The molecule has 0 heterocycles. The Hall–Kier alpha value is -3.03. The van der Waals surface area contributed by atoms with Gasteiger partial charge in [-0.25, -0.2) is 8.42 Å². The molecule has 0 fully saturated rings. The Balaban J connectivity index is 1.83. The van der Waals surface area contributed by atoms with E-state index in [1.807, 2.05) is 38.1 Å². The molecule has 3 rings (SSSR count). The molecule has 0 aliphatic rings. The van der Waals surface area contributed by atoms with E-state index in [2.05, 4.69) is 5.32 Å². The average Bonchev–Trinajstić information content (AvgIpc) is 2.79. The lowest BCUT2D eigenvalue weighted by molar-refractivity contribution is -0.120. The summed E-state index contributed by atoms with van der Waals surface area (Å²) in [4.78, 5) is 13.0. The van der Waals surface area contributed by atoms with Crippen LogP contribution in [0.3, 0.4) is 0 Å². The lowest BCUT2D eigenvalue weighted by Crippen LogP contribution is -2.41. The molecule has 32 heavy (non-hydrogen) atoms. The molecule has 168 valence electrons. The molecule has 3 aromatic carbocycles. The zero-order valence-corrected chi connectivity index (χ0v) is 19.4. The molecular weight excluding hydrogens is 448 g/mol. The van der Waals surface area contributed by atoms with Crippen LogP contribution in [0.4, 0.5) is 5.69 Å². The first-order chi connectivity index (χ1) is 15.3. The molecule has 1 amide bonds. The number of rotatable bonds is 9. The summed E-state index contributed by atoms with van der Waals surface area (Å²) in [5, 5.41) is 3.10. The van der Waals surface area contributed by atoms with Gasteiger partial charge in [-0.3, -0.25) is 9.10 Å². The van der Waals surface area contributed by atoms with Crippen molar-refractivity contribution in [2.75, 3.05) is 17.5 Å². The number of amides is 1. The summed E-state index contributed by atoms with van der Waals surface area (Å²) in [6.07, 6.45) is 0. The highest BCUT2D eigenvalue weighted by Crippen LogP contribution is 2.30. The van der Waals surface area contributed by atoms with Crippen LogP contribution in [-0.4, -0.2) is 27.5 Å². The van der Waals surface area contributed by atoms with Gasteiger partial charge in [-0.05, 0) is 55.8 Å². The number of nitrogens with zero attached hydrogens (tertiary/aromatic N) is 1. The Labute approximate surface area is 193 Å². The summed E-state index contributed by atoms with van der Waals surface area (Å²) in [5.41, 5.74) is 1.11. The summed E-state index contributed by atoms with van der Waals surface area (Å²) < 4.78 is 33.2. The van der Waals surface area contributed by atoms with E-state index in [0.717, 1.165) is 15.6 Å². The van der Waals surface area contributed by atoms with Crippen LogP contribution >= 0.6 is 11.6 Å². The summed E-state index contributed by atoms with van der Waals surface area (Å²) in [5.74, 6) is 0.291. The predicted octanol–water partition coefficient (Wildman–Crippen LogP) is 4.81. The third kappa shape index (κ3) is 5.60.